The number of nitrogens with zero attached hydrogens (tertiary/aromatic N) is 1. The Morgan fingerprint density at radius 3 is 1.70 bits per heavy atom. The lowest BCUT2D eigenvalue weighted by Gasteiger charge is -2.30. The molecule has 1 fully saturated rings. The third kappa shape index (κ3) is 20.6. The van der Waals surface area contributed by atoms with E-state index in [1.807, 2.05) is 13.8 Å². The fourth-order valence-electron chi connectivity index (χ4n) is 7.31. The zero-order valence-electron chi connectivity index (χ0n) is 39.6. The predicted octanol–water partition coefficient (Wildman–Crippen LogP) is -4.64. The molecule has 1 heterocycles. The summed E-state index contributed by atoms with van der Waals surface area (Å²) in [6.07, 6.45) is -2.52. The molecule has 1 aliphatic rings. The van der Waals surface area contributed by atoms with Gasteiger partial charge in [-0.1, -0.05) is 58.0 Å². The van der Waals surface area contributed by atoms with Crippen LogP contribution in [0.25, 0.3) is 0 Å². The minimum absolute atomic E-state index is 0.0403. The van der Waals surface area contributed by atoms with Crippen molar-refractivity contribution in [3.63, 3.8) is 0 Å². The number of likely N-dealkylation sites (tertiary alicyclic amines) is 1. The van der Waals surface area contributed by atoms with Gasteiger partial charge >= 0.3 is 11.9 Å². The number of aliphatic hydroxyl groups is 1. The van der Waals surface area contributed by atoms with E-state index >= 15 is 0 Å². The second-order valence-corrected chi connectivity index (χ2v) is 17.7. The first-order chi connectivity index (χ1) is 32.8. The van der Waals surface area contributed by atoms with Gasteiger partial charge in [-0.3, -0.25) is 52.7 Å². The highest BCUT2D eigenvalue weighted by atomic mass is 16.4. The molecular formula is C44H67N11O15. The van der Waals surface area contributed by atoms with Crippen molar-refractivity contribution in [1.82, 2.24) is 42.1 Å². The van der Waals surface area contributed by atoms with Crippen LogP contribution >= 0.6 is 0 Å². The lowest BCUT2D eigenvalue weighted by Crippen LogP contribution is -2.61. The number of nitrogens with one attached hydrogen (secondary N) is 7. The normalized spacial score (nSPS) is 16.2. The first kappa shape index (κ1) is 58.9. The van der Waals surface area contributed by atoms with E-state index in [-0.39, 0.29) is 44.1 Å². The molecule has 0 spiro atoms. The highest BCUT2D eigenvalue weighted by Gasteiger charge is 2.41. The highest BCUT2D eigenvalue weighted by molar-refractivity contribution is 5.99. The number of carboxylic acid groups (broad SMARTS) is 2. The second kappa shape index (κ2) is 29.0. The van der Waals surface area contributed by atoms with Gasteiger partial charge in [0.15, 0.2) is 0 Å². The van der Waals surface area contributed by atoms with Gasteiger partial charge in [-0.2, -0.15) is 0 Å². The molecule has 1 aliphatic heterocycles. The Hall–Kier alpha value is -7.22. The quantitative estimate of drug-likeness (QED) is 0.0345. The van der Waals surface area contributed by atoms with Gasteiger partial charge in [-0.15, -0.1) is 0 Å². The van der Waals surface area contributed by atoms with Crippen molar-refractivity contribution in [2.45, 2.75) is 134 Å². The van der Waals surface area contributed by atoms with Crippen LogP contribution in [-0.2, 0) is 64.0 Å². The van der Waals surface area contributed by atoms with Gasteiger partial charge in [0.2, 0.25) is 59.1 Å². The molecule has 70 heavy (non-hydrogen) atoms. The molecule has 0 unspecified atom stereocenters. The summed E-state index contributed by atoms with van der Waals surface area (Å²) in [4.78, 5) is 156. The molecule has 1 aromatic carbocycles. The molecule has 0 bridgehead atoms. The summed E-state index contributed by atoms with van der Waals surface area (Å²) in [6.45, 7) is 5.30. The van der Waals surface area contributed by atoms with E-state index in [0.29, 0.717) is 12.0 Å². The fraction of sp³-hybridized carbons (Fsp3) is 0.591. The lowest BCUT2D eigenvalue weighted by atomic mass is 10.0. The van der Waals surface area contributed by atoms with Crippen LogP contribution in [0.5, 0.6) is 0 Å². The van der Waals surface area contributed by atoms with Crippen molar-refractivity contribution in [2.24, 2.45) is 29.0 Å². The average Bonchev–Trinajstić information content (AvgIpc) is 3.77. The third-order valence-corrected chi connectivity index (χ3v) is 10.7. The summed E-state index contributed by atoms with van der Waals surface area (Å²) >= 11 is 0. The standard InChI is InChI=1S/C44H67N11O15/c1-22(2)15-25(45)37(62)48-20-35(59)49-28(18-33(46)57)39(64)50-26(12-13-36(60)61)43(68)55-14-8-11-32(55)42(67)52-29(19-34(47)58)40(65)54-31(21-56)41(66)51-27(17-24-9-6-5-7-10-24)38(63)53-30(44(69)70)16-23(3)4/h5-7,9-10,22-23,25-32,56H,8,11-21,45H2,1-4H3,(H2,46,57)(H2,47,58)(H,48,62)(H,49,59)(H,50,64)(H,51,66)(H,52,67)(H,53,63)(H,54,65)(H,60,61)(H,69,70)/t25-,26-,27-,28-,29-,30-,31-,32-/m0/s1. The lowest BCUT2D eigenvalue weighted by molar-refractivity contribution is -0.144. The van der Waals surface area contributed by atoms with Crippen LogP contribution in [0.15, 0.2) is 30.3 Å². The maximum absolute atomic E-state index is 14.1. The molecule has 1 saturated heterocycles. The van der Waals surface area contributed by atoms with E-state index in [1.165, 1.54) is 0 Å². The zero-order valence-corrected chi connectivity index (χ0v) is 39.6. The average molecular weight is 990 g/mol. The van der Waals surface area contributed by atoms with Gasteiger partial charge in [0, 0.05) is 19.4 Å². The molecule has 10 amide bonds. The number of carbonyl (C=O) groups excluding carboxylic acids is 10. The van der Waals surface area contributed by atoms with Crippen LogP contribution in [0.2, 0.25) is 0 Å². The number of aliphatic carboxylic acids is 2. The first-order valence-electron chi connectivity index (χ1n) is 22.6. The summed E-state index contributed by atoms with van der Waals surface area (Å²) < 4.78 is 0. The van der Waals surface area contributed by atoms with E-state index in [2.05, 4.69) is 37.2 Å². The molecule has 0 aliphatic carbocycles. The Kier molecular flexibility index (Phi) is 24.4. The number of benzene rings is 1. The van der Waals surface area contributed by atoms with Crippen molar-refractivity contribution >= 4 is 71.0 Å². The highest BCUT2D eigenvalue weighted by Crippen LogP contribution is 2.21. The van der Waals surface area contributed by atoms with Crippen molar-refractivity contribution in [3.8, 4) is 0 Å². The Balaban J connectivity index is 2.29. The monoisotopic (exact) mass is 989 g/mol. The van der Waals surface area contributed by atoms with E-state index < -0.39 is 158 Å². The number of amides is 10. The molecule has 0 saturated carbocycles. The number of carbonyl (C=O) groups is 12. The van der Waals surface area contributed by atoms with Crippen LogP contribution < -0.4 is 54.4 Å². The Morgan fingerprint density at radius 2 is 1.17 bits per heavy atom. The largest absolute Gasteiger partial charge is 0.481 e. The summed E-state index contributed by atoms with van der Waals surface area (Å²) in [5.74, 6) is -12.9. The smallest absolute Gasteiger partial charge is 0.326 e. The van der Waals surface area contributed by atoms with Gasteiger partial charge in [0.05, 0.1) is 32.0 Å². The second-order valence-electron chi connectivity index (χ2n) is 17.7. The summed E-state index contributed by atoms with van der Waals surface area (Å²) in [6, 6.07) is -3.78. The predicted molar refractivity (Wildman–Crippen MR) is 246 cm³/mol. The first-order valence-corrected chi connectivity index (χ1v) is 22.6. The van der Waals surface area contributed by atoms with Gasteiger partial charge in [-0.05, 0) is 49.5 Å². The molecule has 2 rings (SSSR count). The van der Waals surface area contributed by atoms with Crippen LogP contribution in [0.1, 0.15) is 84.6 Å². The van der Waals surface area contributed by atoms with Gasteiger partial charge in [0.25, 0.3) is 0 Å². The van der Waals surface area contributed by atoms with E-state index in [9.17, 15) is 72.9 Å². The number of carboxylic acids is 2. The number of primary amides is 2. The van der Waals surface area contributed by atoms with Crippen LogP contribution in [0, 0.1) is 11.8 Å². The maximum Gasteiger partial charge on any atom is 0.326 e. The van der Waals surface area contributed by atoms with Crippen molar-refractivity contribution < 1.29 is 72.9 Å². The van der Waals surface area contributed by atoms with Crippen molar-refractivity contribution in [1.29, 1.82) is 0 Å². The van der Waals surface area contributed by atoms with Crippen LogP contribution in [0.3, 0.4) is 0 Å². The SMILES string of the molecule is CC(C)C[C@H](NC(=O)[C@H](Cc1ccccc1)NC(=O)[C@H](CO)NC(=O)[C@H](CC(N)=O)NC(=O)[C@@H]1CCCN1C(=O)[C@H](CCC(=O)O)NC(=O)[C@H](CC(N)=O)NC(=O)CNC(=O)[C@@H](N)CC(C)C)C(=O)O. The number of rotatable bonds is 30. The Morgan fingerprint density at radius 1 is 0.657 bits per heavy atom. The third-order valence-electron chi connectivity index (χ3n) is 10.7. The zero-order chi connectivity index (χ0) is 52.8. The Labute approximate surface area is 403 Å². The number of hydrogen-bond donors (Lipinski definition) is 13. The van der Waals surface area contributed by atoms with E-state index in [0.717, 1.165) is 4.90 Å². The summed E-state index contributed by atoms with van der Waals surface area (Å²) in [5.41, 5.74) is 17.1. The van der Waals surface area contributed by atoms with Crippen LogP contribution in [-0.4, -0.2) is 159 Å². The van der Waals surface area contributed by atoms with E-state index in [1.54, 1.807) is 44.2 Å². The molecule has 388 valence electrons. The van der Waals surface area contributed by atoms with Crippen molar-refractivity contribution in [2.75, 3.05) is 19.7 Å². The maximum atomic E-state index is 14.1. The molecule has 8 atom stereocenters. The van der Waals surface area contributed by atoms with Gasteiger partial charge in [-0.25, -0.2) is 4.79 Å². The number of hydrogen-bond acceptors (Lipinski definition) is 14. The van der Waals surface area contributed by atoms with Gasteiger partial charge in [0.1, 0.15) is 42.3 Å². The summed E-state index contributed by atoms with van der Waals surface area (Å²) in [5, 5.41) is 45.6. The topological polar surface area (TPSA) is 431 Å². The number of nitrogens with two attached hydrogens (primary N) is 3. The Bertz CT molecular complexity index is 2050. The van der Waals surface area contributed by atoms with E-state index in [4.69, 9.17) is 17.2 Å². The summed E-state index contributed by atoms with van der Waals surface area (Å²) in [7, 11) is 0. The molecule has 0 radical (unpaired) electrons. The molecule has 0 aromatic heterocycles. The molecule has 16 N–H and O–H groups in total. The minimum atomic E-state index is -1.82. The van der Waals surface area contributed by atoms with Crippen LogP contribution in [0.4, 0.5) is 0 Å². The fourth-order valence-corrected chi connectivity index (χ4v) is 7.31. The number of aliphatic hydroxyl groups excluding tert-OH is 1. The molecule has 1 aromatic rings. The molecule has 26 heteroatoms. The van der Waals surface area contributed by atoms with Gasteiger partial charge < -0.3 is 74.6 Å². The minimum Gasteiger partial charge on any atom is -0.481 e. The molecule has 26 nitrogen and oxygen atoms in total. The molecular weight excluding hydrogens is 923 g/mol. The van der Waals surface area contributed by atoms with Crippen molar-refractivity contribution in [3.05, 3.63) is 35.9 Å².